The molecule has 320 valence electrons. The minimum absolute atomic E-state index is 0.00228. The lowest BCUT2D eigenvalue weighted by molar-refractivity contribution is 0.484. The number of hydrogen-bond acceptors (Lipinski definition) is 4. The molecule has 7 heteroatoms. The molecule has 3 heterocycles. The van der Waals surface area contributed by atoms with E-state index in [2.05, 4.69) is 165 Å². The number of fused-ring (bicyclic) bond motifs is 5. The molecule has 65 heavy (non-hydrogen) atoms. The zero-order valence-electron chi connectivity index (χ0n) is 44.4. The number of aromatic nitrogens is 3. The number of benzene rings is 8. The molecule has 8 aromatic carbocycles. The van der Waals surface area contributed by atoms with Gasteiger partial charge in [-0.3, -0.25) is 4.57 Å². The van der Waals surface area contributed by atoms with Crippen LogP contribution in [0.25, 0.3) is 61.0 Å². The highest BCUT2D eigenvalue weighted by atomic mass is 28.3. The van der Waals surface area contributed by atoms with E-state index >= 15 is 0 Å². The summed E-state index contributed by atoms with van der Waals surface area (Å²) in [6, 6.07) is 52.0. The average Bonchev–Trinajstić information content (AvgIpc) is 4.05. The second-order valence-corrected chi connectivity index (χ2v) is 24.0. The van der Waals surface area contributed by atoms with E-state index in [1.54, 1.807) is 47.0 Å². The van der Waals surface area contributed by atoms with Crippen LogP contribution in [0.3, 0.4) is 0 Å². The third-order valence-corrected chi connectivity index (χ3v) is 14.6. The summed E-state index contributed by atoms with van der Waals surface area (Å²) in [5.74, 6) is 1.03. The first-order valence-electron chi connectivity index (χ1n) is 25.6. The SMILES string of the molecule is [2H]c1c([2H])c([2H])c2c(c1[2H])c1ccc(Oc3cc(N4CN(c5c(-c6ccccc6)cc(C(C)(C)C)cc5-c5ccccc5)c5ccccc54)cc([Si](C)(C)C)c3)cc1n2-c1nc2ccccc2n1C([2H])([2H])[2H]. The van der Waals surface area contributed by atoms with Gasteiger partial charge in [-0.2, -0.15) is 0 Å². The van der Waals surface area contributed by atoms with Crippen LogP contribution in [-0.2, 0) is 12.4 Å². The Morgan fingerprint density at radius 1 is 0.615 bits per heavy atom. The summed E-state index contributed by atoms with van der Waals surface area (Å²) in [6.07, 6.45) is 0. The van der Waals surface area contributed by atoms with E-state index in [9.17, 15) is 1.37 Å². The molecular formula is C58H53N5OSi. The fourth-order valence-electron chi connectivity index (χ4n) is 9.16. The Kier molecular flexibility index (Phi) is 7.88. The minimum Gasteiger partial charge on any atom is -0.457 e. The van der Waals surface area contributed by atoms with E-state index in [0.717, 1.165) is 49.6 Å². The topological polar surface area (TPSA) is 38.5 Å². The highest BCUT2D eigenvalue weighted by molar-refractivity contribution is 6.88. The minimum atomic E-state index is -2.69. The first-order chi connectivity index (χ1) is 34.3. The third-order valence-electron chi connectivity index (χ3n) is 12.6. The zero-order valence-corrected chi connectivity index (χ0v) is 38.4. The zero-order chi connectivity index (χ0) is 50.6. The van der Waals surface area contributed by atoms with Crippen LogP contribution in [0.4, 0.5) is 22.7 Å². The van der Waals surface area contributed by atoms with Gasteiger partial charge in [0.2, 0.25) is 5.95 Å². The van der Waals surface area contributed by atoms with Crippen molar-refractivity contribution in [3.63, 3.8) is 0 Å². The highest BCUT2D eigenvalue weighted by Crippen LogP contribution is 2.51. The molecule has 1 aliphatic heterocycles. The van der Waals surface area contributed by atoms with Crippen LogP contribution >= 0.6 is 0 Å². The van der Waals surface area contributed by atoms with Gasteiger partial charge in [0.05, 0.1) is 52.7 Å². The van der Waals surface area contributed by atoms with Crippen LogP contribution in [0.5, 0.6) is 11.5 Å². The number of anilines is 4. The van der Waals surface area contributed by atoms with Crippen LogP contribution in [-0.4, -0.2) is 28.9 Å². The first kappa shape index (κ1) is 33.2. The number of rotatable bonds is 8. The normalized spacial score (nSPS) is 14.8. The van der Waals surface area contributed by atoms with Gasteiger partial charge in [0, 0.05) is 50.8 Å². The van der Waals surface area contributed by atoms with E-state index in [-0.39, 0.29) is 40.4 Å². The summed E-state index contributed by atoms with van der Waals surface area (Å²) in [7, 11) is -2.02. The molecule has 0 radical (unpaired) electrons. The molecule has 10 aromatic rings. The molecule has 0 fully saturated rings. The van der Waals surface area contributed by atoms with Gasteiger partial charge in [-0.1, -0.05) is 149 Å². The largest absolute Gasteiger partial charge is 0.457 e. The molecule has 1 aliphatic rings. The van der Waals surface area contributed by atoms with Crippen molar-refractivity contribution < 1.29 is 14.3 Å². The van der Waals surface area contributed by atoms with Gasteiger partial charge >= 0.3 is 0 Å². The molecule has 0 saturated heterocycles. The van der Waals surface area contributed by atoms with Crippen LogP contribution in [0, 0.1) is 0 Å². The lowest BCUT2D eigenvalue weighted by Crippen LogP contribution is -2.38. The van der Waals surface area contributed by atoms with Gasteiger partial charge in [-0.15, -0.1) is 0 Å². The summed E-state index contributed by atoms with van der Waals surface area (Å²) >= 11 is 0. The molecule has 6 nitrogen and oxygen atoms in total. The lowest BCUT2D eigenvalue weighted by Gasteiger charge is -2.30. The summed E-state index contributed by atoms with van der Waals surface area (Å²) in [5, 5.41) is 1.94. The van der Waals surface area contributed by atoms with Crippen LogP contribution < -0.4 is 19.7 Å². The summed E-state index contributed by atoms with van der Waals surface area (Å²) in [5.41, 5.74) is 11.2. The molecule has 0 unspecified atom stereocenters. The number of ether oxygens (including phenoxy) is 1. The quantitative estimate of drug-likeness (QED) is 0.143. The maximum absolute atomic E-state index is 9.17. The van der Waals surface area contributed by atoms with Crippen molar-refractivity contribution in [1.29, 1.82) is 0 Å². The lowest BCUT2D eigenvalue weighted by atomic mass is 9.82. The van der Waals surface area contributed by atoms with Gasteiger partial charge in [-0.25, -0.2) is 4.98 Å². The van der Waals surface area contributed by atoms with Crippen molar-refractivity contribution in [1.82, 2.24) is 14.1 Å². The van der Waals surface area contributed by atoms with Crippen LogP contribution in [0.15, 0.2) is 182 Å². The van der Waals surface area contributed by atoms with Gasteiger partial charge in [0.15, 0.2) is 0 Å². The van der Waals surface area contributed by atoms with Gasteiger partial charge in [0.25, 0.3) is 0 Å². The Hall–Kier alpha value is -7.35. The Balaban J connectivity index is 1.08. The van der Waals surface area contributed by atoms with Gasteiger partial charge in [0.1, 0.15) is 18.2 Å². The maximum Gasteiger partial charge on any atom is 0.215 e. The third kappa shape index (κ3) is 7.07. The molecule has 0 spiro atoms. The average molecular weight is 871 g/mol. The predicted octanol–water partition coefficient (Wildman–Crippen LogP) is 14.9. The molecule has 0 atom stereocenters. The van der Waals surface area contributed by atoms with E-state index in [4.69, 9.17) is 17.9 Å². The smallest absolute Gasteiger partial charge is 0.215 e. The van der Waals surface area contributed by atoms with E-state index in [1.165, 1.54) is 10.8 Å². The Bertz CT molecular complexity index is 3720. The first-order valence-corrected chi connectivity index (χ1v) is 25.6. The maximum atomic E-state index is 9.17. The summed E-state index contributed by atoms with van der Waals surface area (Å²) in [4.78, 5) is 9.63. The summed E-state index contributed by atoms with van der Waals surface area (Å²) < 4.78 is 71.2. The number of para-hydroxylation sites is 5. The Labute approximate surface area is 392 Å². The van der Waals surface area contributed by atoms with Crippen molar-refractivity contribution >= 4 is 68.8 Å². The fourth-order valence-corrected chi connectivity index (χ4v) is 10.3. The van der Waals surface area contributed by atoms with Gasteiger partial charge in [-0.05, 0) is 88.8 Å². The van der Waals surface area contributed by atoms with Crippen molar-refractivity contribution in [2.45, 2.75) is 45.8 Å². The number of aryl methyl sites for hydroxylation is 1. The van der Waals surface area contributed by atoms with Crippen LogP contribution in [0.2, 0.25) is 19.6 Å². The Morgan fingerprint density at radius 2 is 1.26 bits per heavy atom. The number of hydrogen-bond donors (Lipinski definition) is 0. The molecule has 2 aromatic heterocycles. The van der Waals surface area contributed by atoms with E-state index in [0.29, 0.717) is 40.1 Å². The molecular weight excluding hydrogens is 811 g/mol. The standard InChI is InChI=1S/C58H53N5OSi/c1-58(2,3)41-32-48(39-20-10-8-11-21-39)56(49(33-41)40-22-12-9-13-23-40)62-38-61(53-28-18-19-29-54(53)62)42-34-44(36-45(35-42)65(5,6)7)64-43-30-31-47-46-24-14-16-26-51(46)63(55(47)37-43)57-59-50-25-15-17-27-52(50)60(57)4/h8-37H,38H2,1-7H3/i4D3,14D,16D,24D,26D. The molecule has 0 saturated carbocycles. The van der Waals surface area contributed by atoms with Gasteiger partial charge < -0.3 is 19.1 Å². The fraction of sp³-hybridized carbons (Fsp3) is 0.155. The summed E-state index contributed by atoms with van der Waals surface area (Å²) in [6.45, 7) is 11.6. The van der Waals surface area contributed by atoms with E-state index in [1.807, 2.05) is 0 Å². The Morgan fingerprint density at radius 3 is 1.94 bits per heavy atom. The molecule has 0 aliphatic carbocycles. The number of imidazole rings is 1. The second-order valence-electron chi connectivity index (χ2n) is 18.9. The van der Waals surface area contributed by atoms with Crippen molar-refractivity contribution in [3.8, 4) is 39.7 Å². The van der Waals surface area contributed by atoms with Crippen LogP contribution in [0.1, 0.15) is 35.9 Å². The number of nitrogens with zero attached hydrogens (tertiary/aromatic N) is 5. The van der Waals surface area contributed by atoms with Crippen molar-refractivity contribution in [2.75, 3.05) is 16.5 Å². The highest BCUT2D eigenvalue weighted by Gasteiger charge is 2.33. The van der Waals surface area contributed by atoms with Crippen molar-refractivity contribution in [2.24, 2.45) is 6.98 Å². The predicted molar refractivity (Wildman–Crippen MR) is 276 cm³/mol. The van der Waals surface area contributed by atoms with E-state index < -0.39 is 21.1 Å². The van der Waals surface area contributed by atoms with Crippen molar-refractivity contribution in [3.05, 3.63) is 187 Å². The monoisotopic (exact) mass is 870 g/mol. The molecule has 0 bridgehead atoms. The molecule has 0 N–H and O–H groups in total. The second kappa shape index (κ2) is 15.4. The molecule has 11 rings (SSSR count). The molecule has 0 amide bonds.